The van der Waals surface area contributed by atoms with Crippen molar-refractivity contribution in [3.8, 4) is 11.4 Å². The first-order valence-corrected chi connectivity index (χ1v) is 8.14. The predicted molar refractivity (Wildman–Crippen MR) is 77.7 cm³/mol. The molecule has 3 aromatic rings. The van der Waals surface area contributed by atoms with Crippen molar-refractivity contribution in [1.29, 1.82) is 0 Å². The highest BCUT2D eigenvalue weighted by atomic mass is 32.2. The van der Waals surface area contributed by atoms with Crippen LogP contribution in [-0.2, 0) is 10.0 Å². The van der Waals surface area contributed by atoms with E-state index < -0.39 is 15.8 Å². The maximum atomic E-state index is 12.1. The van der Waals surface area contributed by atoms with Gasteiger partial charge >= 0.3 is 5.76 Å². The van der Waals surface area contributed by atoms with E-state index in [0.29, 0.717) is 11.3 Å². The number of rotatable bonds is 4. The standard InChI is InChI=1S/C12H9N3O4S2/c16-12-13-11(14-19-12)8-3-1-4-9(7-8)15-21(17,18)10-5-2-6-20-10/h1-7,15H,(H,13,14,16). The molecule has 0 spiro atoms. The lowest BCUT2D eigenvalue weighted by Crippen LogP contribution is -2.11. The fourth-order valence-electron chi connectivity index (χ4n) is 1.71. The van der Waals surface area contributed by atoms with Gasteiger partial charge in [-0.2, -0.15) is 0 Å². The van der Waals surface area contributed by atoms with Crippen LogP contribution >= 0.6 is 11.3 Å². The summed E-state index contributed by atoms with van der Waals surface area (Å²) in [6, 6.07) is 9.67. The molecular weight excluding hydrogens is 314 g/mol. The summed E-state index contributed by atoms with van der Waals surface area (Å²) in [5, 5.41) is 5.24. The third-order valence-electron chi connectivity index (χ3n) is 2.59. The number of nitrogens with one attached hydrogen (secondary N) is 2. The van der Waals surface area contributed by atoms with E-state index in [1.165, 1.54) is 6.07 Å². The summed E-state index contributed by atoms with van der Waals surface area (Å²) in [5.41, 5.74) is 0.900. The summed E-state index contributed by atoms with van der Waals surface area (Å²) in [7, 11) is -3.61. The Labute approximate surface area is 123 Å². The summed E-state index contributed by atoms with van der Waals surface area (Å²) in [5.74, 6) is -0.438. The zero-order valence-electron chi connectivity index (χ0n) is 10.4. The van der Waals surface area contributed by atoms with Crippen molar-refractivity contribution in [3.63, 3.8) is 0 Å². The van der Waals surface area contributed by atoms with Crippen molar-refractivity contribution in [2.45, 2.75) is 4.21 Å². The highest BCUT2D eigenvalue weighted by Crippen LogP contribution is 2.23. The van der Waals surface area contributed by atoms with Crippen molar-refractivity contribution in [3.05, 3.63) is 52.3 Å². The van der Waals surface area contributed by atoms with E-state index in [4.69, 9.17) is 0 Å². The molecule has 0 amide bonds. The molecule has 9 heteroatoms. The molecule has 0 fully saturated rings. The molecule has 0 saturated carbocycles. The molecule has 2 heterocycles. The van der Waals surface area contributed by atoms with Crippen LogP contribution in [0, 0.1) is 0 Å². The van der Waals surface area contributed by atoms with Gasteiger partial charge in [-0.05, 0) is 23.6 Å². The van der Waals surface area contributed by atoms with E-state index in [2.05, 4.69) is 19.4 Å². The molecule has 0 aliphatic heterocycles. The minimum absolute atomic E-state index is 0.225. The zero-order chi connectivity index (χ0) is 14.9. The smallest absolute Gasteiger partial charge is 0.296 e. The maximum absolute atomic E-state index is 12.1. The van der Waals surface area contributed by atoms with Crippen molar-refractivity contribution >= 4 is 27.0 Å². The van der Waals surface area contributed by atoms with Crippen LogP contribution in [0.3, 0.4) is 0 Å². The van der Waals surface area contributed by atoms with Crippen LogP contribution in [0.4, 0.5) is 5.69 Å². The Morgan fingerprint density at radius 3 is 2.76 bits per heavy atom. The van der Waals surface area contributed by atoms with E-state index in [0.717, 1.165) is 11.3 Å². The van der Waals surface area contributed by atoms with Gasteiger partial charge in [-0.1, -0.05) is 23.4 Å². The number of aromatic nitrogens is 2. The van der Waals surface area contributed by atoms with E-state index in [9.17, 15) is 13.2 Å². The van der Waals surface area contributed by atoms with Crippen LogP contribution in [-0.4, -0.2) is 18.6 Å². The lowest BCUT2D eigenvalue weighted by atomic mass is 10.2. The number of benzene rings is 1. The normalized spacial score (nSPS) is 11.4. The SMILES string of the molecule is O=c1[nH]c(-c2cccc(NS(=O)(=O)c3cccs3)c2)no1. The molecule has 0 bridgehead atoms. The second-order valence-corrected chi connectivity index (χ2v) is 6.92. The number of sulfonamides is 1. The van der Waals surface area contributed by atoms with Crippen molar-refractivity contribution in [2.24, 2.45) is 0 Å². The van der Waals surface area contributed by atoms with Gasteiger partial charge in [0.25, 0.3) is 10.0 Å². The molecule has 0 radical (unpaired) electrons. The summed E-state index contributed by atoms with van der Waals surface area (Å²) in [6.45, 7) is 0. The van der Waals surface area contributed by atoms with E-state index in [1.54, 1.807) is 35.7 Å². The lowest BCUT2D eigenvalue weighted by Gasteiger charge is -2.07. The highest BCUT2D eigenvalue weighted by molar-refractivity contribution is 7.94. The Kier molecular flexibility index (Phi) is 3.35. The van der Waals surface area contributed by atoms with E-state index in [1.807, 2.05) is 0 Å². The topological polar surface area (TPSA) is 105 Å². The van der Waals surface area contributed by atoms with Gasteiger partial charge in [0.15, 0.2) is 5.82 Å². The number of thiophene rings is 1. The molecule has 0 atom stereocenters. The molecule has 7 nitrogen and oxygen atoms in total. The quantitative estimate of drug-likeness (QED) is 0.763. The zero-order valence-corrected chi connectivity index (χ0v) is 12.1. The first-order valence-electron chi connectivity index (χ1n) is 5.77. The molecule has 1 aromatic carbocycles. The Balaban J connectivity index is 1.92. The van der Waals surface area contributed by atoms with E-state index >= 15 is 0 Å². The third-order valence-corrected chi connectivity index (χ3v) is 5.37. The molecule has 3 rings (SSSR count). The molecular formula is C12H9N3O4S2. The number of anilines is 1. The third kappa shape index (κ3) is 2.88. The maximum Gasteiger partial charge on any atom is 0.439 e. The van der Waals surface area contributed by atoms with Gasteiger partial charge in [0.05, 0.1) is 0 Å². The molecule has 0 aliphatic carbocycles. The van der Waals surface area contributed by atoms with Crippen LogP contribution in [0.2, 0.25) is 0 Å². The Morgan fingerprint density at radius 2 is 2.10 bits per heavy atom. The second kappa shape index (κ2) is 5.19. The van der Waals surface area contributed by atoms with Crippen molar-refractivity contribution in [2.75, 3.05) is 4.72 Å². The van der Waals surface area contributed by atoms with Gasteiger partial charge in [0.1, 0.15) is 4.21 Å². The molecule has 0 unspecified atom stereocenters. The van der Waals surface area contributed by atoms with Gasteiger partial charge in [-0.3, -0.25) is 14.2 Å². The first-order chi connectivity index (χ1) is 10.0. The second-order valence-electron chi connectivity index (χ2n) is 4.06. The van der Waals surface area contributed by atoms with Crippen LogP contribution in [0.1, 0.15) is 0 Å². The monoisotopic (exact) mass is 323 g/mol. The minimum Gasteiger partial charge on any atom is -0.296 e. The molecule has 0 aliphatic rings. The Hall–Kier alpha value is -2.39. The minimum atomic E-state index is -3.61. The lowest BCUT2D eigenvalue weighted by molar-refractivity contribution is 0.388. The number of nitrogens with zero attached hydrogens (tertiary/aromatic N) is 1. The highest BCUT2D eigenvalue weighted by Gasteiger charge is 2.15. The summed E-state index contributed by atoms with van der Waals surface area (Å²) >= 11 is 1.13. The Morgan fingerprint density at radius 1 is 1.24 bits per heavy atom. The van der Waals surface area contributed by atoms with Crippen LogP contribution in [0.15, 0.2) is 55.3 Å². The predicted octanol–water partition coefficient (Wildman–Crippen LogP) is 1.89. The van der Waals surface area contributed by atoms with Gasteiger partial charge in [-0.25, -0.2) is 13.2 Å². The number of hydrogen-bond acceptors (Lipinski definition) is 6. The number of aromatic amines is 1. The summed E-state index contributed by atoms with van der Waals surface area (Å²) in [4.78, 5) is 13.3. The van der Waals surface area contributed by atoms with Crippen LogP contribution in [0.5, 0.6) is 0 Å². The molecule has 2 N–H and O–H groups in total. The van der Waals surface area contributed by atoms with Crippen molar-refractivity contribution in [1.82, 2.24) is 10.1 Å². The van der Waals surface area contributed by atoms with Crippen molar-refractivity contribution < 1.29 is 12.9 Å². The number of H-pyrrole nitrogens is 1. The fourth-order valence-corrected chi connectivity index (χ4v) is 3.75. The van der Waals surface area contributed by atoms with E-state index in [-0.39, 0.29) is 10.0 Å². The molecule has 21 heavy (non-hydrogen) atoms. The van der Waals surface area contributed by atoms with Gasteiger partial charge in [-0.15, -0.1) is 11.3 Å². The molecule has 0 saturated heterocycles. The largest absolute Gasteiger partial charge is 0.439 e. The van der Waals surface area contributed by atoms with Gasteiger partial charge < -0.3 is 0 Å². The van der Waals surface area contributed by atoms with Gasteiger partial charge in [0, 0.05) is 11.3 Å². The fraction of sp³-hybridized carbons (Fsp3) is 0. The summed E-state index contributed by atoms with van der Waals surface area (Å²) < 4.78 is 31.4. The molecule has 2 aromatic heterocycles. The van der Waals surface area contributed by atoms with Gasteiger partial charge in [0.2, 0.25) is 0 Å². The van der Waals surface area contributed by atoms with Crippen LogP contribution in [0.25, 0.3) is 11.4 Å². The molecule has 108 valence electrons. The number of hydrogen-bond donors (Lipinski definition) is 2. The van der Waals surface area contributed by atoms with Crippen LogP contribution < -0.4 is 10.5 Å². The average molecular weight is 323 g/mol. The average Bonchev–Trinajstić information content (AvgIpc) is 3.09. The first kappa shape index (κ1) is 13.6. The Bertz CT molecular complexity index is 910. The summed E-state index contributed by atoms with van der Waals surface area (Å²) in [6.07, 6.45) is 0.